The summed E-state index contributed by atoms with van der Waals surface area (Å²) >= 11 is 0. The van der Waals surface area contributed by atoms with E-state index in [-0.39, 0.29) is 30.7 Å². The summed E-state index contributed by atoms with van der Waals surface area (Å²) in [7, 11) is 0. The van der Waals surface area contributed by atoms with Gasteiger partial charge in [-0.15, -0.1) is 0 Å². The van der Waals surface area contributed by atoms with Gasteiger partial charge in [0.25, 0.3) is 0 Å². The Hall–Kier alpha value is -2.47. The minimum atomic E-state index is -0.955. The van der Waals surface area contributed by atoms with Gasteiger partial charge in [-0.25, -0.2) is 14.9 Å². The first-order valence-electron chi connectivity index (χ1n) is 10.1. The number of nitro groups is 1. The lowest BCUT2D eigenvalue weighted by molar-refractivity contribution is -0.485. The number of hydrogen-bond acceptors (Lipinski definition) is 7. The molecule has 7 N–H and O–H groups in total. The number of amidine groups is 1. The van der Waals surface area contributed by atoms with E-state index in [1.807, 2.05) is 0 Å². The highest BCUT2D eigenvalue weighted by Gasteiger charge is 2.27. The highest BCUT2D eigenvalue weighted by atomic mass is 16.7. The normalized spacial score (nSPS) is 22.0. The second-order valence-electron chi connectivity index (χ2n) is 8.57. The Bertz CT molecular complexity index is 627. The van der Waals surface area contributed by atoms with Gasteiger partial charge >= 0.3 is 6.09 Å². The highest BCUT2D eigenvalue weighted by Crippen LogP contribution is 2.23. The van der Waals surface area contributed by atoms with Gasteiger partial charge in [-0.3, -0.25) is 4.79 Å². The smallest absolute Gasteiger partial charge is 0.408 e. The van der Waals surface area contributed by atoms with Gasteiger partial charge in [-0.1, -0.05) is 0 Å². The molecule has 0 saturated heterocycles. The fourth-order valence-corrected chi connectivity index (χ4v) is 3.10. The van der Waals surface area contributed by atoms with Gasteiger partial charge < -0.3 is 31.9 Å². The van der Waals surface area contributed by atoms with Crippen LogP contribution in [0.1, 0.15) is 59.3 Å². The molecule has 0 aromatic heterocycles. The number of ether oxygens (including phenoxy) is 1. The standard InChI is InChI=1S/C18H34N6O6/c1-18(2,3)30-17(27)22-14(9-8-13(19)15(20)23-24(28)29)16(26)21-10-11-4-6-12(25)7-5-11/h11-14,25H,4-10,19H2,1-3H3,(H2,20,23)(H,21,26)(H,22,27). The topological polar surface area (TPSA) is 195 Å². The van der Waals surface area contributed by atoms with Crippen molar-refractivity contribution >= 4 is 17.8 Å². The number of amides is 2. The Balaban J connectivity index is 2.69. The molecule has 0 spiro atoms. The van der Waals surface area contributed by atoms with E-state index in [0.29, 0.717) is 19.4 Å². The van der Waals surface area contributed by atoms with Gasteiger partial charge in [-0.2, -0.15) is 0 Å². The van der Waals surface area contributed by atoms with Crippen molar-refractivity contribution in [1.82, 2.24) is 10.6 Å². The van der Waals surface area contributed by atoms with Crippen molar-refractivity contribution in [2.45, 2.75) is 83.1 Å². The van der Waals surface area contributed by atoms with E-state index in [1.165, 1.54) is 0 Å². The van der Waals surface area contributed by atoms with Crippen molar-refractivity contribution in [2.75, 3.05) is 6.54 Å². The summed E-state index contributed by atoms with van der Waals surface area (Å²) < 4.78 is 5.20. The molecular formula is C18H34N6O6. The average Bonchev–Trinajstić information content (AvgIpc) is 2.62. The van der Waals surface area contributed by atoms with E-state index in [0.717, 1.165) is 12.8 Å². The predicted octanol–water partition coefficient (Wildman–Crippen LogP) is 0.203. The molecule has 12 nitrogen and oxygen atoms in total. The van der Waals surface area contributed by atoms with Crippen molar-refractivity contribution in [3.63, 3.8) is 0 Å². The molecule has 1 rings (SSSR count). The summed E-state index contributed by atoms with van der Waals surface area (Å²) in [5.41, 5.74) is 10.5. The van der Waals surface area contributed by atoms with Crippen LogP contribution in [0.2, 0.25) is 0 Å². The minimum Gasteiger partial charge on any atom is -0.444 e. The van der Waals surface area contributed by atoms with Crippen molar-refractivity contribution < 1.29 is 24.5 Å². The number of hydrazone groups is 1. The molecule has 12 heteroatoms. The van der Waals surface area contributed by atoms with Crippen LogP contribution < -0.4 is 22.1 Å². The maximum Gasteiger partial charge on any atom is 0.408 e. The van der Waals surface area contributed by atoms with E-state index < -0.39 is 34.7 Å². The van der Waals surface area contributed by atoms with Crippen LogP contribution in [0.15, 0.2) is 5.10 Å². The second kappa shape index (κ2) is 11.6. The van der Waals surface area contributed by atoms with Gasteiger partial charge in [0.1, 0.15) is 11.6 Å². The molecule has 0 aromatic rings. The molecule has 1 aliphatic rings. The molecular weight excluding hydrogens is 396 g/mol. The lowest BCUT2D eigenvalue weighted by Gasteiger charge is -2.27. The zero-order valence-corrected chi connectivity index (χ0v) is 17.8. The Morgan fingerprint density at radius 1 is 1.27 bits per heavy atom. The second-order valence-corrected chi connectivity index (χ2v) is 8.57. The van der Waals surface area contributed by atoms with Gasteiger partial charge in [-0.05, 0) is 65.2 Å². The van der Waals surface area contributed by atoms with Crippen LogP contribution in [-0.2, 0) is 9.53 Å². The Labute approximate surface area is 175 Å². The van der Waals surface area contributed by atoms with E-state index >= 15 is 0 Å². The number of nitrogens with two attached hydrogens (primary N) is 2. The first-order valence-corrected chi connectivity index (χ1v) is 10.1. The number of alkyl carbamates (subject to hydrolysis) is 1. The van der Waals surface area contributed by atoms with E-state index in [2.05, 4.69) is 15.7 Å². The molecule has 1 saturated carbocycles. The number of carbonyl (C=O) groups excluding carboxylic acids is 2. The largest absolute Gasteiger partial charge is 0.444 e. The third-order valence-corrected chi connectivity index (χ3v) is 4.73. The molecule has 0 heterocycles. The first-order chi connectivity index (χ1) is 13.9. The summed E-state index contributed by atoms with van der Waals surface area (Å²) in [6.07, 6.45) is 2.15. The predicted molar refractivity (Wildman–Crippen MR) is 110 cm³/mol. The zero-order valence-electron chi connectivity index (χ0n) is 17.8. The number of nitrogens with one attached hydrogen (secondary N) is 2. The van der Waals surface area contributed by atoms with Gasteiger partial charge in [0.2, 0.25) is 5.91 Å². The van der Waals surface area contributed by atoms with Crippen molar-refractivity contribution in [3.05, 3.63) is 10.1 Å². The Kier molecular flexibility index (Phi) is 9.93. The van der Waals surface area contributed by atoms with Crippen molar-refractivity contribution in [1.29, 1.82) is 0 Å². The maximum atomic E-state index is 12.7. The number of carbonyl (C=O) groups is 2. The van der Waals surface area contributed by atoms with Crippen molar-refractivity contribution in [3.8, 4) is 0 Å². The molecule has 2 amide bonds. The van der Waals surface area contributed by atoms with Crippen LogP contribution >= 0.6 is 0 Å². The molecule has 1 fully saturated rings. The van der Waals surface area contributed by atoms with Crippen LogP contribution in [0, 0.1) is 16.0 Å². The fourth-order valence-electron chi connectivity index (χ4n) is 3.10. The summed E-state index contributed by atoms with van der Waals surface area (Å²) in [5.74, 6) is -0.522. The quantitative estimate of drug-likeness (QED) is 0.148. The van der Waals surface area contributed by atoms with Crippen LogP contribution in [-0.4, -0.2) is 58.3 Å². The molecule has 0 aromatic carbocycles. The van der Waals surface area contributed by atoms with E-state index in [9.17, 15) is 24.8 Å². The lowest BCUT2D eigenvalue weighted by atomic mass is 9.87. The van der Waals surface area contributed by atoms with Crippen LogP contribution in [0.5, 0.6) is 0 Å². The molecule has 172 valence electrons. The molecule has 30 heavy (non-hydrogen) atoms. The van der Waals surface area contributed by atoms with Gasteiger partial charge in [0.05, 0.1) is 17.2 Å². The zero-order chi connectivity index (χ0) is 22.9. The van der Waals surface area contributed by atoms with E-state index in [4.69, 9.17) is 16.2 Å². The van der Waals surface area contributed by atoms with Crippen LogP contribution in [0.25, 0.3) is 0 Å². The fraction of sp³-hybridized carbons (Fsp3) is 0.833. The van der Waals surface area contributed by atoms with Crippen LogP contribution in [0.4, 0.5) is 4.79 Å². The number of aliphatic hydroxyl groups excluding tert-OH is 1. The third kappa shape index (κ3) is 10.3. The molecule has 0 radical (unpaired) electrons. The lowest BCUT2D eigenvalue weighted by Crippen LogP contribution is -2.50. The van der Waals surface area contributed by atoms with Crippen molar-refractivity contribution in [2.24, 2.45) is 22.5 Å². The van der Waals surface area contributed by atoms with Gasteiger partial charge in [0.15, 0.2) is 10.9 Å². The number of aliphatic hydroxyl groups is 1. The summed E-state index contributed by atoms with van der Waals surface area (Å²) in [6.45, 7) is 5.52. The third-order valence-electron chi connectivity index (χ3n) is 4.73. The Morgan fingerprint density at radius 3 is 2.40 bits per heavy atom. The minimum absolute atomic E-state index is 0.0869. The average molecular weight is 431 g/mol. The monoisotopic (exact) mass is 430 g/mol. The summed E-state index contributed by atoms with van der Waals surface area (Å²) in [4.78, 5) is 35.2. The number of hydrogen-bond donors (Lipinski definition) is 5. The molecule has 0 aliphatic heterocycles. The number of nitrogens with zero attached hydrogens (tertiary/aromatic N) is 2. The SMILES string of the molecule is CC(C)(C)OC(=O)NC(CCC(N)/C(N)=N\[N+](=O)[O-])C(=O)NCC1CCC(O)CC1. The maximum absolute atomic E-state index is 12.7. The van der Waals surface area contributed by atoms with E-state index in [1.54, 1.807) is 20.8 Å². The first kappa shape index (κ1) is 25.6. The molecule has 0 bridgehead atoms. The summed E-state index contributed by atoms with van der Waals surface area (Å²) in [5, 5.41) is 27.4. The number of rotatable bonds is 9. The molecule has 1 aliphatic carbocycles. The molecule has 2 atom stereocenters. The van der Waals surface area contributed by atoms with Crippen LogP contribution in [0.3, 0.4) is 0 Å². The molecule has 2 unspecified atom stereocenters. The van der Waals surface area contributed by atoms with Gasteiger partial charge in [0, 0.05) is 6.54 Å². The Morgan fingerprint density at radius 2 is 1.87 bits per heavy atom. The highest BCUT2D eigenvalue weighted by molar-refractivity contribution is 5.86. The summed E-state index contributed by atoms with van der Waals surface area (Å²) in [6, 6.07) is -1.89.